The largest absolute Gasteiger partial charge is 0.379 e. The summed E-state index contributed by atoms with van der Waals surface area (Å²) in [6.45, 7) is 9.24. The molecule has 0 aromatic heterocycles. The number of halogens is 1. The first-order valence-corrected chi connectivity index (χ1v) is 7.77. The SMILES string of the molecule is Brc1cccc(C2(N3CCOCC3)COC2)c1.CC. The van der Waals surface area contributed by atoms with Gasteiger partial charge >= 0.3 is 0 Å². The van der Waals surface area contributed by atoms with Crippen molar-refractivity contribution >= 4 is 15.9 Å². The van der Waals surface area contributed by atoms with Crippen LogP contribution in [-0.2, 0) is 15.0 Å². The van der Waals surface area contributed by atoms with Crippen molar-refractivity contribution in [1.29, 1.82) is 0 Å². The monoisotopic (exact) mass is 327 g/mol. The molecule has 0 radical (unpaired) electrons. The Morgan fingerprint density at radius 2 is 1.79 bits per heavy atom. The number of hydrogen-bond donors (Lipinski definition) is 0. The number of rotatable bonds is 2. The lowest BCUT2D eigenvalue weighted by Gasteiger charge is -2.51. The molecule has 3 rings (SSSR count). The lowest BCUT2D eigenvalue weighted by atomic mass is 9.85. The van der Waals surface area contributed by atoms with Gasteiger partial charge in [0.1, 0.15) is 0 Å². The molecule has 1 aromatic carbocycles. The van der Waals surface area contributed by atoms with Crippen molar-refractivity contribution in [2.45, 2.75) is 19.4 Å². The number of benzene rings is 1. The highest BCUT2D eigenvalue weighted by molar-refractivity contribution is 9.10. The van der Waals surface area contributed by atoms with E-state index in [2.05, 4.69) is 45.1 Å². The summed E-state index contributed by atoms with van der Waals surface area (Å²) in [6, 6.07) is 8.57. The van der Waals surface area contributed by atoms with Crippen LogP contribution >= 0.6 is 15.9 Å². The molecule has 2 heterocycles. The van der Waals surface area contributed by atoms with Gasteiger partial charge in [-0.15, -0.1) is 0 Å². The minimum Gasteiger partial charge on any atom is -0.379 e. The molecule has 3 nitrogen and oxygen atoms in total. The topological polar surface area (TPSA) is 21.7 Å². The third kappa shape index (κ3) is 3.02. The first-order valence-electron chi connectivity index (χ1n) is 6.98. The van der Waals surface area contributed by atoms with E-state index in [1.165, 1.54) is 5.56 Å². The fourth-order valence-electron chi connectivity index (χ4n) is 2.60. The maximum atomic E-state index is 5.49. The van der Waals surface area contributed by atoms with E-state index in [9.17, 15) is 0 Å². The Labute approximate surface area is 124 Å². The Morgan fingerprint density at radius 1 is 1.11 bits per heavy atom. The van der Waals surface area contributed by atoms with Crippen LogP contribution in [0.5, 0.6) is 0 Å². The summed E-state index contributed by atoms with van der Waals surface area (Å²) in [5.74, 6) is 0. The summed E-state index contributed by atoms with van der Waals surface area (Å²) >= 11 is 3.55. The van der Waals surface area contributed by atoms with Crippen molar-refractivity contribution < 1.29 is 9.47 Å². The van der Waals surface area contributed by atoms with Crippen molar-refractivity contribution in [2.75, 3.05) is 39.5 Å². The molecule has 0 unspecified atom stereocenters. The lowest BCUT2D eigenvalue weighted by Crippen LogP contribution is -2.62. The van der Waals surface area contributed by atoms with Gasteiger partial charge in [0, 0.05) is 17.6 Å². The summed E-state index contributed by atoms with van der Waals surface area (Å²) in [4.78, 5) is 2.50. The highest BCUT2D eigenvalue weighted by atomic mass is 79.9. The summed E-state index contributed by atoms with van der Waals surface area (Å²) < 4.78 is 12.1. The van der Waals surface area contributed by atoms with Gasteiger partial charge in [-0.2, -0.15) is 0 Å². The molecule has 0 N–H and O–H groups in total. The molecule has 2 fully saturated rings. The van der Waals surface area contributed by atoms with Gasteiger partial charge in [-0.25, -0.2) is 0 Å². The normalized spacial score (nSPS) is 22.1. The zero-order valence-corrected chi connectivity index (χ0v) is 13.3. The molecule has 0 aliphatic carbocycles. The molecule has 19 heavy (non-hydrogen) atoms. The summed E-state index contributed by atoms with van der Waals surface area (Å²) in [7, 11) is 0. The third-order valence-electron chi connectivity index (χ3n) is 3.66. The number of morpholine rings is 1. The first-order chi connectivity index (χ1) is 9.31. The van der Waals surface area contributed by atoms with Gasteiger partial charge in [-0.05, 0) is 17.7 Å². The molecule has 0 bridgehead atoms. The van der Waals surface area contributed by atoms with E-state index < -0.39 is 0 Å². The standard InChI is InChI=1S/C13H16BrNO2.C2H6/c14-12-3-1-2-11(8-12)13(9-17-10-13)15-4-6-16-7-5-15;1-2/h1-3,8H,4-7,9-10H2;1-2H3. The van der Waals surface area contributed by atoms with Gasteiger partial charge in [0.15, 0.2) is 0 Å². The molecule has 0 atom stereocenters. The van der Waals surface area contributed by atoms with E-state index in [1.54, 1.807) is 0 Å². The Hall–Kier alpha value is -0.420. The van der Waals surface area contributed by atoms with Crippen LogP contribution in [0.4, 0.5) is 0 Å². The maximum absolute atomic E-state index is 5.49. The second-order valence-corrected chi connectivity index (χ2v) is 5.55. The molecule has 2 aliphatic heterocycles. The number of hydrogen-bond acceptors (Lipinski definition) is 3. The van der Waals surface area contributed by atoms with E-state index in [-0.39, 0.29) is 5.54 Å². The van der Waals surface area contributed by atoms with Crippen molar-refractivity contribution in [2.24, 2.45) is 0 Å². The van der Waals surface area contributed by atoms with Crippen molar-refractivity contribution in [1.82, 2.24) is 4.90 Å². The van der Waals surface area contributed by atoms with Gasteiger partial charge in [-0.1, -0.05) is 41.9 Å². The van der Waals surface area contributed by atoms with Crippen LogP contribution in [0.3, 0.4) is 0 Å². The summed E-state index contributed by atoms with van der Waals surface area (Å²) in [6.07, 6.45) is 0. The van der Waals surface area contributed by atoms with Crippen LogP contribution in [-0.4, -0.2) is 44.4 Å². The minimum atomic E-state index is 0.0769. The van der Waals surface area contributed by atoms with E-state index in [0.29, 0.717) is 0 Å². The Balaban J connectivity index is 0.000000637. The second kappa shape index (κ2) is 6.84. The molecule has 2 aliphatic rings. The van der Waals surface area contributed by atoms with Crippen LogP contribution in [0.1, 0.15) is 19.4 Å². The Kier molecular flexibility index (Phi) is 5.39. The van der Waals surface area contributed by atoms with Gasteiger partial charge in [0.25, 0.3) is 0 Å². The fourth-order valence-corrected chi connectivity index (χ4v) is 3.00. The molecule has 0 amide bonds. The van der Waals surface area contributed by atoms with Crippen LogP contribution < -0.4 is 0 Å². The summed E-state index contributed by atoms with van der Waals surface area (Å²) in [5.41, 5.74) is 1.42. The van der Waals surface area contributed by atoms with Gasteiger partial charge < -0.3 is 9.47 Å². The fraction of sp³-hybridized carbons (Fsp3) is 0.600. The smallest absolute Gasteiger partial charge is 0.0935 e. The van der Waals surface area contributed by atoms with Crippen LogP contribution in [0.15, 0.2) is 28.7 Å². The average molecular weight is 328 g/mol. The van der Waals surface area contributed by atoms with E-state index in [4.69, 9.17) is 9.47 Å². The average Bonchev–Trinajstić information content (AvgIpc) is 2.41. The van der Waals surface area contributed by atoms with Crippen LogP contribution in [0.2, 0.25) is 0 Å². The van der Waals surface area contributed by atoms with Crippen LogP contribution in [0.25, 0.3) is 0 Å². The second-order valence-electron chi connectivity index (χ2n) is 4.63. The quantitative estimate of drug-likeness (QED) is 0.833. The van der Waals surface area contributed by atoms with Crippen molar-refractivity contribution in [3.63, 3.8) is 0 Å². The number of nitrogens with zero attached hydrogens (tertiary/aromatic N) is 1. The Morgan fingerprint density at radius 3 is 2.32 bits per heavy atom. The zero-order chi connectivity index (χ0) is 13.7. The molecule has 2 saturated heterocycles. The van der Waals surface area contributed by atoms with E-state index in [0.717, 1.165) is 44.0 Å². The van der Waals surface area contributed by atoms with Gasteiger partial charge in [0.05, 0.1) is 32.0 Å². The molecule has 4 heteroatoms. The summed E-state index contributed by atoms with van der Waals surface area (Å²) in [5, 5.41) is 0. The number of ether oxygens (including phenoxy) is 2. The van der Waals surface area contributed by atoms with E-state index in [1.807, 2.05) is 13.8 Å². The van der Waals surface area contributed by atoms with Crippen molar-refractivity contribution in [3.8, 4) is 0 Å². The van der Waals surface area contributed by atoms with Gasteiger partial charge in [-0.3, -0.25) is 4.90 Å². The zero-order valence-electron chi connectivity index (χ0n) is 11.7. The minimum absolute atomic E-state index is 0.0769. The van der Waals surface area contributed by atoms with Gasteiger partial charge in [0.2, 0.25) is 0 Å². The molecule has 1 aromatic rings. The Bertz CT molecular complexity index is 401. The molecular formula is C15H22BrNO2. The first kappa shape index (κ1) is 15.0. The highest BCUT2D eigenvalue weighted by Gasteiger charge is 2.45. The highest BCUT2D eigenvalue weighted by Crippen LogP contribution is 2.37. The molecule has 0 saturated carbocycles. The third-order valence-corrected chi connectivity index (χ3v) is 4.15. The van der Waals surface area contributed by atoms with Crippen molar-refractivity contribution in [3.05, 3.63) is 34.3 Å². The van der Waals surface area contributed by atoms with E-state index >= 15 is 0 Å². The molecular weight excluding hydrogens is 306 g/mol. The lowest BCUT2D eigenvalue weighted by molar-refractivity contribution is -0.166. The predicted molar refractivity (Wildman–Crippen MR) is 80.4 cm³/mol. The maximum Gasteiger partial charge on any atom is 0.0935 e. The molecule has 106 valence electrons. The molecule has 0 spiro atoms. The predicted octanol–water partition coefficient (Wildman–Crippen LogP) is 3.03. The van der Waals surface area contributed by atoms with Crippen LogP contribution in [0, 0.1) is 0 Å².